The van der Waals surface area contributed by atoms with Gasteiger partial charge in [0.1, 0.15) is 6.04 Å². The van der Waals surface area contributed by atoms with Gasteiger partial charge < -0.3 is 15.5 Å². The Morgan fingerprint density at radius 2 is 2.19 bits per heavy atom. The van der Waals surface area contributed by atoms with Crippen LogP contribution in [0.25, 0.3) is 0 Å². The Bertz CT molecular complexity index is 230. The van der Waals surface area contributed by atoms with Crippen molar-refractivity contribution in [3.05, 3.63) is 0 Å². The van der Waals surface area contributed by atoms with Gasteiger partial charge in [-0.25, -0.2) is 0 Å². The van der Waals surface area contributed by atoms with E-state index >= 15 is 0 Å². The van der Waals surface area contributed by atoms with Crippen LogP contribution in [0.1, 0.15) is 26.7 Å². The molecule has 0 aromatic carbocycles. The van der Waals surface area contributed by atoms with Crippen molar-refractivity contribution in [3.8, 4) is 0 Å². The van der Waals surface area contributed by atoms with Crippen molar-refractivity contribution in [2.24, 2.45) is 0 Å². The van der Waals surface area contributed by atoms with Gasteiger partial charge in [0, 0.05) is 32.6 Å². The number of amides is 2. The largest absolute Gasteiger partial charge is 0.355 e. The molecule has 1 rings (SSSR count). The van der Waals surface area contributed by atoms with E-state index in [4.69, 9.17) is 0 Å². The number of carbonyl (C=O) groups excluding carboxylic acids is 2. The molecule has 92 valence electrons. The first-order valence-electron chi connectivity index (χ1n) is 5.98. The van der Waals surface area contributed by atoms with Crippen LogP contribution < -0.4 is 10.6 Å². The lowest BCUT2D eigenvalue weighted by atomic mass is 10.1. The Morgan fingerprint density at radius 1 is 1.44 bits per heavy atom. The second-order valence-corrected chi connectivity index (χ2v) is 3.95. The highest BCUT2D eigenvalue weighted by atomic mass is 16.2. The zero-order valence-corrected chi connectivity index (χ0v) is 10.1. The van der Waals surface area contributed by atoms with Crippen LogP contribution in [-0.4, -0.2) is 48.9 Å². The molecule has 0 bridgehead atoms. The SMILES string of the molecule is CCCC(=O)N1CCNCC1C(=O)NCC. The van der Waals surface area contributed by atoms with Gasteiger partial charge in [-0.3, -0.25) is 9.59 Å². The quantitative estimate of drug-likeness (QED) is 0.694. The van der Waals surface area contributed by atoms with Crippen LogP contribution in [0.2, 0.25) is 0 Å². The zero-order chi connectivity index (χ0) is 12.0. The summed E-state index contributed by atoms with van der Waals surface area (Å²) in [7, 11) is 0. The average Bonchev–Trinajstić information content (AvgIpc) is 2.30. The van der Waals surface area contributed by atoms with E-state index in [1.54, 1.807) is 4.90 Å². The van der Waals surface area contributed by atoms with Gasteiger partial charge in [-0.1, -0.05) is 6.92 Å². The van der Waals surface area contributed by atoms with E-state index < -0.39 is 0 Å². The Labute approximate surface area is 96.6 Å². The number of likely N-dealkylation sites (N-methyl/N-ethyl adjacent to an activating group) is 1. The van der Waals surface area contributed by atoms with Crippen molar-refractivity contribution in [1.82, 2.24) is 15.5 Å². The molecule has 1 aliphatic heterocycles. The fraction of sp³-hybridized carbons (Fsp3) is 0.818. The summed E-state index contributed by atoms with van der Waals surface area (Å²) in [4.78, 5) is 25.3. The van der Waals surface area contributed by atoms with Crippen LogP contribution in [-0.2, 0) is 9.59 Å². The van der Waals surface area contributed by atoms with Gasteiger partial charge >= 0.3 is 0 Å². The number of rotatable bonds is 4. The second-order valence-electron chi connectivity index (χ2n) is 3.95. The molecule has 0 aromatic rings. The van der Waals surface area contributed by atoms with Crippen LogP contribution in [0.4, 0.5) is 0 Å². The molecule has 1 heterocycles. The number of nitrogens with zero attached hydrogens (tertiary/aromatic N) is 1. The molecule has 1 atom stereocenters. The summed E-state index contributed by atoms with van der Waals surface area (Å²) < 4.78 is 0. The highest BCUT2D eigenvalue weighted by Crippen LogP contribution is 2.07. The Morgan fingerprint density at radius 3 is 2.81 bits per heavy atom. The fourth-order valence-electron chi connectivity index (χ4n) is 1.89. The molecule has 5 nitrogen and oxygen atoms in total. The van der Waals surface area contributed by atoms with Crippen LogP contribution >= 0.6 is 0 Å². The van der Waals surface area contributed by atoms with E-state index in [0.717, 1.165) is 13.0 Å². The second kappa shape index (κ2) is 6.48. The number of hydrogen-bond donors (Lipinski definition) is 2. The van der Waals surface area contributed by atoms with Crippen LogP contribution in [0.3, 0.4) is 0 Å². The molecule has 1 unspecified atom stereocenters. The molecule has 0 saturated carbocycles. The molecule has 2 N–H and O–H groups in total. The number of carbonyl (C=O) groups is 2. The fourth-order valence-corrected chi connectivity index (χ4v) is 1.89. The summed E-state index contributed by atoms with van der Waals surface area (Å²) in [6.07, 6.45) is 1.35. The third-order valence-corrected chi connectivity index (χ3v) is 2.68. The molecule has 0 radical (unpaired) electrons. The van der Waals surface area contributed by atoms with Gasteiger partial charge in [-0.15, -0.1) is 0 Å². The van der Waals surface area contributed by atoms with Gasteiger partial charge in [-0.05, 0) is 13.3 Å². The molecule has 2 amide bonds. The first kappa shape index (κ1) is 13.0. The van der Waals surface area contributed by atoms with Crippen molar-refractivity contribution in [2.45, 2.75) is 32.7 Å². The summed E-state index contributed by atoms with van der Waals surface area (Å²) >= 11 is 0. The zero-order valence-electron chi connectivity index (χ0n) is 10.1. The Balaban J connectivity index is 2.63. The number of hydrogen-bond acceptors (Lipinski definition) is 3. The molecule has 1 fully saturated rings. The van der Waals surface area contributed by atoms with Crippen LogP contribution in [0.5, 0.6) is 0 Å². The Kier molecular flexibility index (Phi) is 5.25. The van der Waals surface area contributed by atoms with Gasteiger partial charge in [0.05, 0.1) is 0 Å². The maximum absolute atomic E-state index is 11.8. The molecule has 5 heteroatoms. The van der Waals surface area contributed by atoms with E-state index in [2.05, 4.69) is 10.6 Å². The molecule has 0 spiro atoms. The minimum absolute atomic E-state index is 0.0563. The van der Waals surface area contributed by atoms with Crippen LogP contribution in [0.15, 0.2) is 0 Å². The topological polar surface area (TPSA) is 61.4 Å². The van der Waals surface area contributed by atoms with E-state index in [-0.39, 0.29) is 17.9 Å². The average molecular weight is 227 g/mol. The first-order valence-corrected chi connectivity index (χ1v) is 5.98. The summed E-state index contributed by atoms with van der Waals surface area (Å²) in [6, 6.07) is -0.340. The maximum atomic E-state index is 11.8. The van der Waals surface area contributed by atoms with E-state index in [9.17, 15) is 9.59 Å². The summed E-state index contributed by atoms with van der Waals surface area (Å²) in [5.74, 6) is 0.0272. The van der Waals surface area contributed by atoms with Gasteiger partial charge in [0.15, 0.2) is 0 Å². The van der Waals surface area contributed by atoms with Crippen molar-refractivity contribution >= 4 is 11.8 Å². The predicted molar refractivity (Wildman–Crippen MR) is 62.0 cm³/mol. The predicted octanol–water partition coefficient (Wildman–Crippen LogP) is -0.277. The smallest absolute Gasteiger partial charge is 0.244 e. The minimum atomic E-state index is -0.340. The highest BCUT2D eigenvalue weighted by molar-refractivity contribution is 5.88. The van der Waals surface area contributed by atoms with Crippen molar-refractivity contribution in [3.63, 3.8) is 0 Å². The molecule has 16 heavy (non-hydrogen) atoms. The van der Waals surface area contributed by atoms with Gasteiger partial charge in [0.2, 0.25) is 11.8 Å². The molecule has 0 aliphatic carbocycles. The lowest BCUT2D eigenvalue weighted by Crippen LogP contribution is -2.59. The van der Waals surface area contributed by atoms with Gasteiger partial charge in [-0.2, -0.15) is 0 Å². The molecule has 1 aliphatic rings. The summed E-state index contributed by atoms with van der Waals surface area (Å²) in [5.41, 5.74) is 0. The maximum Gasteiger partial charge on any atom is 0.244 e. The van der Waals surface area contributed by atoms with Crippen molar-refractivity contribution in [1.29, 1.82) is 0 Å². The highest BCUT2D eigenvalue weighted by Gasteiger charge is 2.30. The van der Waals surface area contributed by atoms with Crippen LogP contribution in [0, 0.1) is 0 Å². The monoisotopic (exact) mass is 227 g/mol. The van der Waals surface area contributed by atoms with Crippen molar-refractivity contribution in [2.75, 3.05) is 26.2 Å². The first-order chi connectivity index (χ1) is 7.70. The lowest BCUT2D eigenvalue weighted by molar-refractivity contribution is -0.141. The van der Waals surface area contributed by atoms with E-state index in [1.807, 2.05) is 13.8 Å². The summed E-state index contributed by atoms with van der Waals surface area (Å²) in [6.45, 7) is 6.41. The summed E-state index contributed by atoms with van der Waals surface area (Å²) in [5, 5.41) is 5.92. The normalized spacial score (nSPS) is 20.6. The third kappa shape index (κ3) is 3.20. The number of piperazine rings is 1. The van der Waals surface area contributed by atoms with Crippen molar-refractivity contribution < 1.29 is 9.59 Å². The van der Waals surface area contributed by atoms with E-state index in [1.165, 1.54) is 0 Å². The minimum Gasteiger partial charge on any atom is -0.355 e. The number of nitrogens with one attached hydrogen (secondary N) is 2. The molecular formula is C11H21N3O2. The van der Waals surface area contributed by atoms with E-state index in [0.29, 0.717) is 26.1 Å². The molecule has 0 aromatic heterocycles. The third-order valence-electron chi connectivity index (χ3n) is 2.68. The lowest BCUT2D eigenvalue weighted by Gasteiger charge is -2.35. The van der Waals surface area contributed by atoms with Gasteiger partial charge in [0.25, 0.3) is 0 Å². The molecule has 1 saturated heterocycles. The Hall–Kier alpha value is -1.10. The molecular weight excluding hydrogens is 206 g/mol. The standard InChI is InChI=1S/C11H21N3O2/c1-3-5-10(15)14-7-6-12-8-9(14)11(16)13-4-2/h9,12H,3-8H2,1-2H3,(H,13,16).